The lowest BCUT2D eigenvalue weighted by Crippen LogP contribution is -2.21. The Bertz CT molecular complexity index is 523. The van der Waals surface area contributed by atoms with Gasteiger partial charge < -0.3 is 16.2 Å². The van der Waals surface area contributed by atoms with Crippen molar-refractivity contribution in [2.45, 2.75) is 51.4 Å². The van der Waals surface area contributed by atoms with Crippen molar-refractivity contribution in [1.29, 1.82) is 0 Å². The maximum absolute atomic E-state index is 11.4. The third-order valence-electron chi connectivity index (χ3n) is 3.52. The smallest absolute Gasteiger partial charge is 0.305 e. The highest BCUT2D eigenvalue weighted by atomic mass is 32.1. The summed E-state index contributed by atoms with van der Waals surface area (Å²) < 4.78 is 4.95. The van der Waals surface area contributed by atoms with Crippen LogP contribution in [0.5, 0.6) is 0 Å². The topological polar surface area (TPSA) is 104 Å². The fourth-order valence-corrected chi connectivity index (χ4v) is 3.74. The first-order valence-corrected chi connectivity index (χ1v) is 8.16. The number of carbonyl (C=O) groups is 1. The van der Waals surface area contributed by atoms with E-state index in [0.29, 0.717) is 24.1 Å². The van der Waals surface area contributed by atoms with E-state index < -0.39 is 0 Å². The Kier molecular flexibility index (Phi) is 5.55. The number of nitrogens with zero attached hydrogens (tertiary/aromatic N) is 2. The van der Waals surface area contributed by atoms with Crippen LogP contribution in [0.2, 0.25) is 0 Å². The van der Waals surface area contributed by atoms with Gasteiger partial charge in [0.1, 0.15) is 0 Å². The number of nitrogens with two attached hydrogens (primary N) is 2. The van der Waals surface area contributed by atoms with Crippen molar-refractivity contribution in [1.82, 2.24) is 4.98 Å². The van der Waals surface area contributed by atoms with Crippen LogP contribution in [0.3, 0.4) is 0 Å². The largest absolute Gasteiger partial charge is 0.466 e. The van der Waals surface area contributed by atoms with Gasteiger partial charge in [0, 0.05) is 17.2 Å². The molecule has 2 rings (SSSR count). The molecular weight excluding hydrogens is 288 g/mol. The Labute approximate surface area is 128 Å². The average Bonchev–Trinajstić information content (AvgIpc) is 2.81. The van der Waals surface area contributed by atoms with Gasteiger partial charge in [-0.3, -0.25) is 4.79 Å². The summed E-state index contributed by atoms with van der Waals surface area (Å²) in [5.41, 5.74) is 11.9. The van der Waals surface area contributed by atoms with Crippen LogP contribution in [-0.2, 0) is 16.0 Å². The van der Waals surface area contributed by atoms with E-state index in [1.165, 1.54) is 4.88 Å². The van der Waals surface area contributed by atoms with Gasteiger partial charge in [-0.25, -0.2) is 4.98 Å². The molecule has 1 aromatic heterocycles. The highest BCUT2D eigenvalue weighted by Gasteiger charge is 2.24. The lowest BCUT2D eigenvalue weighted by molar-refractivity contribution is -0.143. The number of rotatable bonds is 6. The van der Waals surface area contributed by atoms with Crippen molar-refractivity contribution >= 4 is 28.4 Å². The summed E-state index contributed by atoms with van der Waals surface area (Å²) in [6, 6.07) is 0. The molecule has 0 aromatic carbocycles. The molecule has 0 spiro atoms. The molecular formula is C14H22N4O2S. The number of thiazole rings is 1. The first kappa shape index (κ1) is 15.8. The normalized spacial score (nSPS) is 17.1. The van der Waals surface area contributed by atoms with E-state index in [4.69, 9.17) is 16.2 Å². The molecule has 4 N–H and O–H groups in total. The monoisotopic (exact) mass is 310 g/mol. The van der Waals surface area contributed by atoms with Gasteiger partial charge in [0.2, 0.25) is 5.13 Å². The fraction of sp³-hybridized carbons (Fsp3) is 0.643. The van der Waals surface area contributed by atoms with Crippen LogP contribution in [-0.4, -0.2) is 23.5 Å². The number of fused-ring (bicyclic) bond motifs is 1. The minimum atomic E-state index is -0.118. The second kappa shape index (κ2) is 7.40. The van der Waals surface area contributed by atoms with E-state index in [2.05, 4.69) is 9.98 Å². The summed E-state index contributed by atoms with van der Waals surface area (Å²) in [5.74, 6) is 0.329. The number of esters is 1. The molecule has 0 aliphatic heterocycles. The van der Waals surface area contributed by atoms with Crippen LogP contribution in [0, 0.1) is 0 Å². The number of guanidine groups is 1. The number of aliphatic imine (C=N–C) groups is 1. The summed E-state index contributed by atoms with van der Waals surface area (Å²) in [5, 5.41) is 0.636. The van der Waals surface area contributed by atoms with Gasteiger partial charge in [-0.2, -0.15) is 4.99 Å². The van der Waals surface area contributed by atoms with Gasteiger partial charge in [0.05, 0.1) is 12.3 Å². The predicted octanol–water partition coefficient (Wildman–Crippen LogP) is 2.20. The summed E-state index contributed by atoms with van der Waals surface area (Å²) in [4.78, 5) is 21.3. The fourth-order valence-electron chi connectivity index (χ4n) is 2.66. The lowest BCUT2D eigenvalue weighted by Gasteiger charge is -2.20. The summed E-state index contributed by atoms with van der Waals surface area (Å²) in [6.45, 7) is 2.27. The number of aromatic nitrogens is 1. The SMILES string of the molecule is CCOC(=O)CCCC1CCCc2sc(N=C(N)N)nc21. The van der Waals surface area contributed by atoms with Gasteiger partial charge in [0.15, 0.2) is 5.96 Å². The van der Waals surface area contributed by atoms with Crippen LogP contribution in [0.25, 0.3) is 0 Å². The molecule has 0 saturated heterocycles. The Morgan fingerprint density at radius 1 is 1.52 bits per heavy atom. The van der Waals surface area contributed by atoms with Gasteiger partial charge in [-0.1, -0.05) is 11.3 Å². The molecule has 1 aromatic rings. The predicted molar refractivity (Wildman–Crippen MR) is 83.7 cm³/mol. The number of ether oxygens (including phenoxy) is 1. The molecule has 1 aliphatic rings. The minimum absolute atomic E-state index is 0.0416. The second-order valence-corrected chi connectivity index (χ2v) is 6.19. The maximum Gasteiger partial charge on any atom is 0.305 e. The Morgan fingerprint density at radius 2 is 2.33 bits per heavy atom. The molecule has 1 heterocycles. The summed E-state index contributed by atoms with van der Waals surface area (Å²) in [7, 11) is 0. The van der Waals surface area contributed by atoms with Crippen LogP contribution in [0.4, 0.5) is 5.13 Å². The van der Waals surface area contributed by atoms with Crippen molar-refractivity contribution in [3.63, 3.8) is 0 Å². The van der Waals surface area contributed by atoms with Crippen molar-refractivity contribution in [3.8, 4) is 0 Å². The van der Waals surface area contributed by atoms with Crippen LogP contribution < -0.4 is 11.5 Å². The summed E-state index contributed by atoms with van der Waals surface area (Å²) in [6.07, 6.45) is 5.57. The van der Waals surface area contributed by atoms with Crippen molar-refractivity contribution < 1.29 is 9.53 Å². The quantitative estimate of drug-likeness (QED) is 0.476. The van der Waals surface area contributed by atoms with E-state index in [0.717, 1.165) is 37.8 Å². The standard InChI is InChI=1S/C14H22N4O2S/c1-2-20-11(19)8-4-6-9-5-3-7-10-12(9)17-14(21-10)18-13(15)16/h9H,2-8H2,1H3,(H4,15,16,17,18). The molecule has 0 radical (unpaired) electrons. The molecule has 1 aliphatic carbocycles. The number of carbonyl (C=O) groups excluding carboxylic acids is 1. The first-order chi connectivity index (χ1) is 10.1. The van der Waals surface area contributed by atoms with E-state index in [-0.39, 0.29) is 11.9 Å². The lowest BCUT2D eigenvalue weighted by atomic mass is 9.87. The van der Waals surface area contributed by atoms with Gasteiger partial charge in [-0.05, 0) is 39.0 Å². The van der Waals surface area contributed by atoms with Crippen LogP contribution >= 0.6 is 11.3 Å². The van der Waals surface area contributed by atoms with Gasteiger partial charge in [0.25, 0.3) is 0 Å². The molecule has 1 atom stereocenters. The Morgan fingerprint density at radius 3 is 3.05 bits per heavy atom. The van der Waals surface area contributed by atoms with Crippen molar-refractivity contribution in [2.24, 2.45) is 16.5 Å². The molecule has 116 valence electrons. The van der Waals surface area contributed by atoms with Crippen LogP contribution in [0.1, 0.15) is 55.5 Å². The number of hydrogen-bond acceptors (Lipinski definition) is 5. The molecule has 0 amide bonds. The summed E-state index contributed by atoms with van der Waals surface area (Å²) >= 11 is 1.57. The highest BCUT2D eigenvalue weighted by Crippen LogP contribution is 2.39. The first-order valence-electron chi connectivity index (χ1n) is 7.35. The maximum atomic E-state index is 11.4. The molecule has 0 bridgehead atoms. The number of hydrogen-bond donors (Lipinski definition) is 2. The van der Waals surface area contributed by atoms with E-state index >= 15 is 0 Å². The Balaban J connectivity index is 1.96. The number of aryl methyl sites for hydroxylation is 1. The Hall–Kier alpha value is -1.63. The molecule has 21 heavy (non-hydrogen) atoms. The van der Waals surface area contributed by atoms with Gasteiger partial charge >= 0.3 is 5.97 Å². The zero-order valence-corrected chi connectivity index (χ0v) is 13.1. The van der Waals surface area contributed by atoms with Crippen LogP contribution in [0.15, 0.2) is 4.99 Å². The third kappa shape index (κ3) is 4.42. The van der Waals surface area contributed by atoms with Crippen molar-refractivity contribution in [3.05, 3.63) is 10.6 Å². The molecule has 1 unspecified atom stereocenters. The minimum Gasteiger partial charge on any atom is -0.466 e. The molecule has 0 fully saturated rings. The zero-order chi connectivity index (χ0) is 15.2. The van der Waals surface area contributed by atoms with E-state index in [9.17, 15) is 4.79 Å². The second-order valence-electron chi connectivity index (χ2n) is 5.13. The third-order valence-corrected chi connectivity index (χ3v) is 4.55. The van der Waals surface area contributed by atoms with E-state index in [1.54, 1.807) is 11.3 Å². The van der Waals surface area contributed by atoms with Crippen molar-refractivity contribution in [2.75, 3.05) is 6.61 Å². The average molecular weight is 310 g/mol. The van der Waals surface area contributed by atoms with E-state index in [1.807, 2.05) is 6.92 Å². The molecule has 0 saturated carbocycles. The zero-order valence-electron chi connectivity index (χ0n) is 12.3. The highest BCUT2D eigenvalue weighted by molar-refractivity contribution is 7.15. The molecule has 6 nitrogen and oxygen atoms in total. The van der Waals surface area contributed by atoms with Gasteiger partial charge in [-0.15, -0.1) is 0 Å². The molecule has 7 heteroatoms.